The highest BCUT2D eigenvalue weighted by Gasteiger charge is 2.25. The Bertz CT molecular complexity index is 708. The zero-order valence-electron chi connectivity index (χ0n) is 15.2. The Morgan fingerprint density at radius 3 is 2.72 bits per heavy atom. The standard InChI is InChI=1S/C19H26N4O2/c1-13(2)15-6-8-16(9-7-15)20-17-5-4-10-23(12-17)19(24)11-18-14(3)21-25-22-18/h6-9,13,17,20H,4-5,10-12H2,1-3H3. The summed E-state index contributed by atoms with van der Waals surface area (Å²) in [4.78, 5) is 14.4. The summed E-state index contributed by atoms with van der Waals surface area (Å²) in [6, 6.07) is 8.86. The van der Waals surface area contributed by atoms with Gasteiger partial charge in [-0.1, -0.05) is 36.3 Å². The van der Waals surface area contributed by atoms with Crippen LogP contribution in [0.3, 0.4) is 0 Å². The van der Waals surface area contributed by atoms with Gasteiger partial charge >= 0.3 is 0 Å². The van der Waals surface area contributed by atoms with Crippen LogP contribution in [0, 0.1) is 6.92 Å². The van der Waals surface area contributed by atoms with E-state index < -0.39 is 0 Å². The number of piperidine rings is 1. The molecule has 1 aromatic heterocycles. The topological polar surface area (TPSA) is 71.3 Å². The van der Waals surface area contributed by atoms with Crippen LogP contribution in [-0.4, -0.2) is 40.3 Å². The van der Waals surface area contributed by atoms with Crippen LogP contribution in [0.25, 0.3) is 0 Å². The number of nitrogens with zero attached hydrogens (tertiary/aromatic N) is 3. The predicted octanol–water partition coefficient (Wildman–Crippen LogP) is 3.15. The Morgan fingerprint density at radius 1 is 1.32 bits per heavy atom. The van der Waals surface area contributed by atoms with Gasteiger partial charge in [0.1, 0.15) is 11.4 Å². The van der Waals surface area contributed by atoms with Crippen molar-refractivity contribution < 1.29 is 9.42 Å². The van der Waals surface area contributed by atoms with Crippen molar-refractivity contribution >= 4 is 11.6 Å². The third-order valence-corrected chi connectivity index (χ3v) is 4.79. The van der Waals surface area contributed by atoms with E-state index in [9.17, 15) is 4.79 Å². The van der Waals surface area contributed by atoms with E-state index in [1.807, 2.05) is 4.90 Å². The summed E-state index contributed by atoms with van der Waals surface area (Å²) >= 11 is 0. The maximum absolute atomic E-state index is 12.5. The Labute approximate surface area is 148 Å². The summed E-state index contributed by atoms with van der Waals surface area (Å²) in [5.41, 5.74) is 3.76. The van der Waals surface area contributed by atoms with Crippen molar-refractivity contribution in [1.29, 1.82) is 0 Å². The molecule has 1 atom stereocenters. The van der Waals surface area contributed by atoms with Crippen LogP contribution in [-0.2, 0) is 11.2 Å². The minimum atomic E-state index is 0.0838. The number of rotatable bonds is 5. The molecule has 6 heteroatoms. The van der Waals surface area contributed by atoms with Gasteiger partial charge in [-0.2, -0.15) is 0 Å². The molecule has 0 radical (unpaired) electrons. The molecule has 2 aromatic rings. The third-order valence-electron chi connectivity index (χ3n) is 4.79. The highest BCUT2D eigenvalue weighted by atomic mass is 16.6. The lowest BCUT2D eigenvalue weighted by atomic mass is 10.0. The first-order chi connectivity index (χ1) is 12.0. The molecule has 1 amide bonds. The molecule has 1 fully saturated rings. The van der Waals surface area contributed by atoms with Gasteiger partial charge in [0.15, 0.2) is 0 Å². The van der Waals surface area contributed by atoms with Crippen LogP contribution in [0.5, 0.6) is 0 Å². The largest absolute Gasteiger partial charge is 0.381 e. The molecule has 1 aliphatic heterocycles. The van der Waals surface area contributed by atoms with Crippen molar-refractivity contribution in [3.05, 3.63) is 41.2 Å². The van der Waals surface area contributed by atoms with Crippen LogP contribution in [0.2, 0.25) is 0 Å². The van der Waals surface area contributed by atoms with Gasteiger partial charge in [-0.05, 0) is 43.4 Å². The Morgan fingerprint density at radius 2 is 2.08 bits per heavy atom. The van der Waals surface area contributed by atoms with Crippen molar-refractivity contribution in [2.75, 3.05) is 18.4 Å². The number of carbonyl (C=O) groups is 1. The molecule has 134 valence electrons. The van der Waals surface area contributed by atoms with Gasteiger partial charge in [-0.15, -0.1) is 0 Å². The van der Waals surface area contributed by atoms with E-state index in [1.165, 1.54) is 5.56 Å². The van der Waals surface area contributed by atoms with E-state index in [0.717, 1.165) is 31.6 Å². The van der Waals surface area contributed by atoms with E-state index in [-0.39, 0.29) is 18.4 Å². The Hall–Kier alpha value is -2.37. The van der Waals surface area contributed by atoms with Gasteiger partial charge < -0.3 is 10.2 Å². The molecule has 1 aliphatic rings. The maximum Gasteiger partial charge on any atom is 0.228 e. The number of hydrogen-bond acceptors (Lipinski definition) is 5. The van der Waals surface area contributed by atoms with E-state index in [1.54, 1.807) is 6.92 Å². The zero-order chi connectivity index (χ0) is 17.8. The van der Waals surface area contributed by atoms with Gasteiger partial charge in [0, 0.05) is 24.8 Å². The van der Waals surface area contributed by atoms with Crippen LogP contribution in [0.15, 0.2) is 28.9 Å². The molecule has 1 N–H and O–H groups in total. The number of amides is 1. The van der Waals surface area contributed by atoms with Crippen LogP contribution >= 0.6 is 0 Å². The number of carbonyl (C=O) groups excluding carboxylic acids is 1. The lowest BCUT2D eigenvalue weighted by Gasteiger charge is -2.33. The van der Waals surface area contributed by atoms with E-state index in [0.29, 0.717) is 17.3 Å². The number of benzene rings is 1. The fraction of sp³-hybridized carbons (Fsp3) is 0.526. The van der Waals surface area contributed by atoms with Crippen LogP contribution in [0.4, 0.5) is 5.69 Å². The molecule has 6 nitrogen and oxygen atoms in total. The fourth-order valence-corrected chi connectivity index (χ4v) is 3.19. The van der Waals surface area contributed by atoms with Crippen molar-refractivity contribution in [3.8, 4) is 0 Å². The molecule has 0 saturated carbocycles. The van der Waals surface area contributed by atoms with E-state index in [4.69, 9.17) is 0 Å². The summed E-state index contributed by atoms with van der Waals surface area (Å²) in [7, 11) is 0. The van der Waals surface area contributed by atoms with Crippen molar-refractivity contribution in [3.63, 3.8) is 0 Å². The molecular formula is C19H26N4O2. The summed E-state index contributed by atoms with van der Waals surface area (Å²) in [5, 5.41) is 11.1. The lowest BCUT2D eigenvalue weighted by molar-refractivity contribution is -0.131. The van der Waals surface area contributed by atoms with Crippen LogP contribution < -0.4 is 5.32 Å². The minimum Gasteiger partial charge on any atom is -0.381 e. The number of likely N-dealkylation sites (tertiary alicyclic amines) is 1. The summed E-state index contributed by atoms with van der Waals surface area (Å²) in [6.45, 7) is 7.71. The summed E-state index contributed by atoms with van der Waals surface area (Å²) in [6.07, 6.45) is 2.33. The first kappa shape index (κ1) is 17.5. The molecule has 2 heterocycles. The zero-order valence-corrected chi connectivity index (χ0v) is 15.2. The van der Waals surface area contributed by atoms with Crippen molar-refractivity contribution in [1.82, 2.24) is 15.2 Å². The molecule has 1 saturated heterocycles. The van der Waals surface area contributed by atoms with Gasteiger partial charge in [0.2, 0.25) is 5.91 Å². The summed E-state index contributed by atoms with van der Waals surface area (Å²) in [5.74, 6) is 0.617. The molecule has 1 unspecified atom stereocenters. The highest BCUT2D eigenvalue weighted by molar-refractivity contribution is 5.78. The van der Waals surface area contributed by atoms with E-state index in [2.05, 4.69) is 58.4 Å². The average molecular weight is 342 g/mol. The molecule has 0 aliphatic carbocycles. The minimum absolute atomic E-state index is 0.0838. The quantitative estimate of drug-likeness (QED) is 0.904. The second-order valence-corrected chi connectivity index (χ2v) is 7.07. The summed E-state index contributed by atoms with van der Waals surface area (Å²) < 4.78 is 4.68. The molecule has 0 spiro atoms. The number of nitrogens with one attached hydrogen (secondary N) is 1. The predicted molar refractivity (Wildman–Crippen MR) is 96.5 cm³/mol. The van der Waals surface area contributed by atoms with Gasteiger partial charge in [-0.25, -0.2) is 4.63 Å². The number of hydrogen-bond donors (Lipinski definition) is 1. The number of aryl methyl sites for hydroxylation is 1. The molecule has 25 heavy (non-hydrogen) atoms. The van der Waals surface area contributed by atoms with Crippen molar-refractivity contribution in [2.45, 2.75) is 52.0 Å². The highest BCUT2D eigenvalue weighted by Crippen LogP contribution is 2.20. The number of anilines is 1. The Balaban J connectivity index is 1.57. The second kappa shape index (κ2) is 7.68. The Kier molecular flexibility index (Phi) is 5.36. The third kappa shape index (κ3) is 4.38. The SMILES string of the molecule is Cc1nonc1CC(=O)N1CCCC(Nc2ccc(C(C)C)cc2)C1. The monoisotopic (exact) mass is 342 g/mol. The van der Waals surface area contributed by atoms with Gasteiger partial charge in [-0.3, -0.25) is 4.79 Å². The first-order valence-corrected chi connectivity index (χ1v) is 8.95. The first-order valence-electron chi connectivity index (χ1n) is 8.95. The van der Waals surface area contributed by atoms with E-state index >= 15 is 0 Å². The average Bonchev–Trinajstić information content (AvgIpc) is 3.00. The van der Waals surface area contributed by atoms with Crippen molar-refractivity contribution in [2.24, 2.45) is 0 Å². The lowest BCUT2D eigenvalue weighted by Crippen LogP contribution is -2.45. The molecular weight excluding hydrogens is 316 g/mol. The number of aromatic nitrogens is 2. The maximum atomic E-state index is 12.5. The fourth-order valence-electron chi connectivity index (χ4n) is 3.19. The van der Waals surface area contributed by atoms with Gasteiger partial charge in [0.25, 0.3) is 0 Å². The molecule has 1 aromatic carbocycles. The smallest absolute Gasteiger partial charge is 0.228 e. The van der Waals surface area contributed by atoms with Crippen LogP contribution in [0.1, 0.15) is 49.6 Å². The molecule has 3 rings (SSSR count). The van der Waals surface area contributed by atoms with Gasteiger partial charge in [0.05, 0.1) is 6.42 Å². The second-order valence-electron chi connectivity index (χ2n) is 7.07. The molecule has 0 bridgehead atoms. The normalized spacial score (nSPS) is 17.8.